The fourth-order valence-corrected chi connectivity index (χ4v) is 3.99. The molecule has 1 saturated carbocycles. The fraction of sp³-hybridized carbons (Fsp3) is 0.588. The van der Waals surface area contributed by atoms with Crippen LogP contribution in [-0.2, 0) is 4.74 Å². The lowest BCUT2D eigenvalue weighted by Gasteiger charge is -2.56. The summed E-state index contributed by atoms with van der Waals surface area (Å²) in [5, 5.41) is 3.42. The van der Waals surface area contributed by atoms with Gasteiger partial charge in [0.2, 0.25) is 0 Å². The van der Waals surface area contributed by atoms with Gasteiger partial charge in [0.15, 0.2) is 11.5 Å². The Morgan fingerprint density at radius 3 is 2.35 bits per heavy atom. The molecule has 5 nitrogen and oxygen atoms in total. The van der Waals surface area contributed by atoms with E-state index in [-0.39, 0.29) is 29.4 Å². The van der Waals surface area contributed by atoms with Gasteiger partial charge in [-0.25, -0.2) is 0 Å². The normalized spacial score (nSPS) is 25.4. The molecule has 0 aromatic heterocycles. The lowest BCUT2D eigenvalue weighted by Crippen LogP contribution is -2.67. The number of amides is 1. The molecule has 1 aromatic carbocycles. The Labute approximate surface area is 142 Å². The molecule has 0 aliphatic heterocycles. The number of hydrogen-bond donors (Lipinski definition) is 1. The van der Waals surface area contributed by atoms with Crippen LogP contribution < -0.4 is 14.8 Å². The van der Waals surface area contributed by atoms with Crippen molar-refractivity contribution in [2.75, 3.05) is 21.3 Å². The van der Waals surface area contributed by atoms with Crippen LogP contribution in [0.5, 0.6) is 11.5 Å². The molecule has 1 aliphatic rings. The first kappa shape index (κ1) is 17.9. The van der Waals surface area contributed by atoms with Crippen LogP contribution in [-0.4, -0.2) is 39.4 Å². The Hall–Kier alpha value is -1.46. The quantitative estimate of drug-likeness (QED) is 0.893. The molecular weight excluding hydrogens is 318 g/mol. The average Bonchev–Trinajstić information content (AvgIpc) is 2.51. The first-order valence-corrected chi connectivity index (χ1v) is 7.90. The molecular formula is C17H24ClNO4. The van der Waals surface area contributed by atoms with Crippen molar-refractivity contribution in [3.8, 4) is 11.5 Å². The molecule has 0 unspecified atom stereocenters. The Balaban J connectivity index is 2.21. The van der Waals surface area contributed by atoms with E-state index in [1.165, 1.54) is 14.2 Å². The number of benzene rings is 1. The molecule has 0 radical (unpaired) electrons. The number of carbonyl (C=O) groups excluding carboxylic acids is 1. The minimum absolute atomic E-state index is 0.0341. The van der Waals surface area contributed by atoms with Gasteiger partial charge in [-0.3, -0.25) is 4.79 Å². The van der Waals surface area contributed by atoms with Crippen molar-refractivity contribution < 1.29 is 19.0 Å². The second kappa shape index (κ2) is 6.57. The zero-order chi connectivity index (χ0) is 17.4. The summed E-state index contributed by atoms with van der Waals surface area (Å²) < 4.78 is 15.9. The van der Waals surface area contributed by atoms with Crippen LogP contribution in [0.3, 0.4) is 0 Å². The maximum atomic E-state index is 12.6. The minimum atomic E-state index is -0.188. The highest BCUT2D eigenvalue weighted by molar-refractivity contribution is 6.32. The van der Waals surface area contributed by atoms with E-state index in [1.54, 1.807) is 19.2 Å². The maximum absolute atomic E-state index is 12.6. The molecule has 1 N–H and O–H groups in total. The summed E-state index contributed by atoms with van der Waals surface area (Å²) in [7, 11) is 4.72. The van der Waals surface area contributed by atoms with E-state index in [0.29, 0.717) is 22.1 Å². The summed E-state index contributed by atoms with van der Waals surface area (Å²) in [5.74, 6) is 0.908. The van der Waals surface area contributed by atoms with Crippen LogP contribution in [0.2, 0.25) is 5.02 Å². The van der Waals surface area contributed by atoms with Gasteiger partial charge in [0.05, 0.1) is 25.3 Å². The van der Waals surface area contributed by atoms with E-state index in [0.717, 1.165) is 0 Å². The number of nitrogens with one attached hydrogen (secondary N) is 1. The van der Waals surface area contributed by atoms with Crippen LogP contribution in [0.4, 0.5) is 0 Å². The van der Waals surface area contributed by atoms with Crippen LogP contribution in [0.1, 0.15) is 31.1 Å². The molecule has 0 bridgehead atoms. The lowest BCUT2D eigenvalue weighted by atomic mass is 9.58. The second-order valence-corrected chi connectivity index (χ2v) is 6.89. The maximum Gasteiger partial charge on any atom is 0.251 e. The Morgan fingerprint density at radius 2 is 1.87 bits per heavy atom. The molecule has 1 aliphatic carbocycles. The summed E-state index contributed by atoms with van der Waals surface area (Å²) in [6.07, 6.45) is 0.127. The molecule has 0 spiro atoms. The van der Waals surface area contributed by atoms with Gasteiger partial charge in [-0.05, 0) is 12.1 Å². The molecule has 0 saturated heterocycles. The summed E-state index contributed by atoms with van der Waals surface area (Å²) in [5.41, 5.74) is 0.320. The molecule has 1 amide bonds. The van der Waals surface area contributed by atoms with Crippen molar-refractivity contribution in [2.45, 2.75) is 32.9 Å². The smallest absolute Gasteiger partial charge is 0.251 e. The van der Waals surface area contributed by atoms with E-state index >= 15 is 0 Å². The molecule has 0 heterocycles. The third kappa shape index (κ3) is 3.00. The van der Waals surface area contributed by atoms with Crippen LogP contribution in [0.25, 0.3) is 0 Å². The monoisotopic (exact) mass is 341 g/mol. The number of carbonyl (C=O) groups is 1. The van der Waals surface area contributed by atoms with E-state index in [1.807, 2.05) is 0 Å². The molecule has 23 heavy (non-hydrogen) atoms. The Morgan fingerprint density at radius 1 is 1.22 bits per heavy atom. The van der Waals surface area contributed by atoms with Crippen molar-refractivity contribution in [1.82, 2.24) is 5.32 Å². The lowest BCUT2D eigenvalue weighted by molar-refractivity contribution is -0.141. The SMILES string of the molecule is COc1cc(C(=O)N[C@@H]2[C@H](C)[C@H](OC)C2(C)C)cc(Cl)c1OC. The highest BCUT2D eigenvalue weighted by atomic mass is 35.5. The number of rotatable bonds is 5. The standard InChI is InChI=1S/C17H24ClNO4/c1-9-14(17(2,3)15(9)23-6)19-16(20)10-7-11(18)13(22-5)12(8-10)21-4/h7-9,14-15H,1-6H3,(H,19,20)/t9-,14+,15-/m0/s1. The third-order valence-electron chi connectivity index (χ3n) is 4.77. The van der Waals surface area contributed by atoms with Crippen molar-refractivity contribution >= 4 is 17.5 Å². The van der Waals surface area contributed by atoms with E-state index in [4.69, 9.17) is 25.8 Å². The average molecular weight is 342 g/mol. The first-order valence-electron chi connectivity index (χ1n) is 7.53. The summed E-state index contributed by atoms with van der Waals surface area (Å²) in [4.78, 5) is 12.6. The van der Waals surface area contributed by atoms with Gasteiger partial charge in [-0.15, -0.1) is 0 Å². The summed E-state index contributed by atoms with van der Waals surface area (Å²) >= 11 is 6.17. The van der Waals surface area contributed by atoms with Crippen molar-refractivity contribution in [3.05, 3.63) is 22.7 Å². The van der Waals surface area contributed by atoms with Crippen molar-refractivity contribution in [1.29, 1.82) is 0 Å². The van der Waals surface area contributed by atoms with Crippen LogP contribution >= 0.6 is 11.6 Å². The van der Waals surface area contributed by atoms with Crippen LogP contribution in [0, 0.1) is 11.3 Å². The van der Waals surface area contributed by atoms with Crippen molar-refractivity contribution in [2.24, 2.45) is 11.3 Å². The highest BCUT2D eigenvalue weighted by Crippen LogP contribution is 2.47. The number of halogens is 1. The summed E-state index contributed by atoms with van der Waals surface area (Å²) in [6, 6.07) is 3.25. The molecule has 1 fully saturated rings. The molecule has 128 valence electrons. The van der Waals surface area contributed by atoms with E-state index in [2.05, 4.69) is 26.1 Å². The topological polar surface area (TPSA) is 56.8 Å². The fourth-order valence-electron chi connectivity index (χ4n) is 3.70. The Bertz CT molecular complexity index is 603. The van der Waals surface area contributed by atoms with Gasteiger partial charge in [0, 0.05) is 30.0 Å². The second-order valence-electron chi connectivity index (χ2n) is 6.48. The van der Waals surface area contributed by atoms with E-state index in [9.17, 15) is 4.79 Å². The Kier molecular flexibility index (Phi) is 5.11. The molecule has 1 aromatic rings. The first-order chi connectivity index (χ1) is 10.8. The minimum Gasteiger partial charge on any atom is -0.493 e. The van der Waals surface area contributed by atoms with Crippen molar-refractivity contribution in [3.63, 3.8) is 0 Å². The predicted molar refractivity (Wildman–Crippen MR) is 89.6 cm³/mol. The van der Waals surface area contributed by atoms with Gasteiger partial charge in [-0.1, -0.05) is 32.4 Å². The largest absolute Gasteiger partial charge is 0.493 e. The number of methoxy groups -OCH3 is 3. The highest BCUT2D eigenvalue weighted by Gasteiger charge is 2.55. The number of ether oxygens (including phenoxy) is 3. The molecule has 3 atom stereocenters. The summed E-state index contributed by atoms with van der Waals surface area (Å²) in [6.45, 7) is 6.26. The zero-order valence-corrected chi connectivity index (χ0v) is 15.2. The van der Waals surface area contributed by atoms with Crippen LogP contribution in [0.15, 0.2) is 12.1 Å². The molecule has 2 rings (SSSR count). The van der Waals surface area contributed by atoms with Gasteiger partial charge in [-0.2, -0.15) is 0 Å². The number of hydrogen-bond acceptors (Lipinski definition) is 4. The van der Waals surface area contributed by atoms with Gasteiger partial charge in [0.25, 0.3) is 5.91 Å². The van der Waals surface area contributed by atoms with Gasteiger partial charge >= 0.3 is 0 Å². The molecule has 6 heteroatoms. The third-order valence-corrected chi connectivity index (χ3v) is 5.06. The van der Waals surface area contributed by atoms with E-state index < -0.39 is 0 Å². The zero-order valence-electron chi connectivity index (χ0n) is 14.4. The van der Waals surface area contributed by atoms with Gasteiger partial charge in [0.1, 0.15) is 0 Å². The van der Waals surface area contributed by atoms with Gasteiger partial charge < -0.3 is 19.5 Å². The predicted octanol–water partition coefficient (Wildman–Crippen LogP) is 3.15.